The van der Waals surface area contributed by atoms with Crippen LogP contribution in [0.2, 0.25) is 0 Å². The highest BCUT2D eigenvalue weighted by molar-refractivity contribution is 5.80. The van der Waals surface area contributed by atoms with Gasteiger partial charge in [-0.3, -0.25) is 4.98 Å². The van der Waals surface area contributed by atoms with Crippen LogP contribution in [0, 0.1) is 0 Å². The Balaban J connectivity index is 2.25. The van der Waals surface area contributed by atoms with Gasteiger partial charge in [-0.25, -0.2) is 4.79 Å². The van der Waals surface area contributed by atoms with Crippen molar-refractivity contribution in [3.05, 3.63) is 54.4 Å². The lowest BCUT2D eigenvalue weighted by atomic mass is 10.1. The van der Waals surface area contributed by atoms with Crippen molar-refractivity contribution in [1.82, 2.24) is 4.98 Å². The van der Waals surface area contributed by atoms with Crippen LogP contribution in [-0.4, -0.2) is 16.1 Å². The molecule has 0 bridgehead atoms. The quantitative estimate of drug-likeness (QED) is 0.589. The molecule has 0 atom stereocenters. The summed E-state index contributed by atoms with van der Waals surface area (Å²) in [4.78, 5) is 14.1. The van der Waals surface area contributed by atoms with Gasteiger partial charge in [-0.1, -0.05) is 24.3 Å². The van der Waals surface area contributed by atoms with Crippen LogP contribution < -0.4 is 0 Å². The number of aromatic nitrogens is 1. The molecule has 1 aromatic rings. The summed E-state index contributed by atoms with van der Waals surface area (Å²) in [5.74, 6) is -0.924. The van der Waals surface area contributed by atoms with Crippen LogP contribution in [0.25, 0.3) is 0 Å². The van der Waals surface area contributed by atoms with Crippen LogP contribution in [0.3, 0.4) is 0 Å². The van der Waals surface area contributed by atoms with Gasteiger partial charge in [-0.15, -0.1) is 0 Å². The molecule has 0 amide bonds. The molecular formula is C12H13NO2. The molecule has 3 nitrogen and oxygen atoms in total. The fourth-order valence-corrected chi connectivity index (χ4v) is 1.11. The first-order chi connectivity index (χ1) is 7.29. The summed E-state index contributed by atoms with van der Waals surface area (Å²) in [6, 6.07) is 3.93. The van der Waals surface area contributed by atoms with Gasteiger partial charge in [0.15, 0.2) is 0 Å². The van der Waals surface area contributed by atoms with Crippen molar-refractivity contribution < 1.29 is 9.90 Å². The van der Waals surface area contributed by atoms with E-state index in [-0.39, 0.29) is 0 Å². The minimum absolute atomic E-state index is 0.885. The second-order valence-corrected chi connectivity index (χ2v) is 3.03. The standard InChI is InChI=1S/C12H13NO2/c14-12(15)8-4-2-1-3-6-11-7-5-9-13-10-11/h1-2,4-5,7-10H,3,6H2,(H,14,15). The van der Waals surface area contributed by atoms with E-state index in [1.54, 1.807) is 12.3 Å². The topological polar surface area (TPSA) is 50.2 Å². The molecule has 1 rings (SSSR count). The van der Waals surface area contributed by atoms with E-state index in [4.69, 9.17) is 5.11 Å². The highest BCUT2D eigenvalue weighted by Crippen LogP contribution is 2.00. The Morgan fingerprint density at radius 1 is 1.47 bits per heavy atom. The Bertz CT molecular complexity index is 355. The third kappa shape index (κ3) is 5.41. The normalized spacial score (nSPS) is 11.2. The van der Waals surface area contributed by atoms with E-state index in [1.165, 1.54) is 11.6 Å². The van der Waals surface area contributed by atoms with Crippen molar-refractivity contribution in [2.45, 2.75) is 12.8 Å². The zero-order valence-electron chi connectivity index (χ0n) is 8.34. The van der Waals surface area contributed by atoms with Crippen molar-refractivity contribution >= 4 is 5.97 Å². The maximum absolute atomic E-state index is 10.1. The summed E-state index contributed by atoms with van der Waals surface area (Å²) in [7, 11) is 0. The number of hydrogen-bond donors (Lipinski definition) is 1. The molecule has 0 fully saturated rings. The third-order valence-electron chi connectivity index (χ3n) is 1.81. The summed E-state index contributed by atoms with van der Waals surface area (Å²) < 4.78 is 0. The number of aliphatic carboxylic acids is 1. The number of aryl methyl sites for hydroxylation is 1. The van der Waals surface area contributed by atoms with E-state index in [2.05, 4.69) is 4.98 Å². The Kier molecular flexibility index (Phi) is 4.87. The van der Waals surface area contributed by atoms with Crippen LogP contribution in [0.1, 0.15) is 12.0 Å². The van der Waals surface area contributed by atoms with Crippen molar-refractivity contribution in [3.8, 4) is 0 Å². The fourth-order valence-electron chi connectivity index (χ4n) is 1.11. The Morgan fingerprint density at radius 2 is 2.33 bits per heavy atom. The van der Waals surface area contributed by atoms with E-state index in [0.29, 0.717) is 0 Å². The molecule has 0 aliphatic carbocycles. The second-order valence-electron chi connectivity index (χ2n) is 3.03. The number of carboxylic acid groups (broad SMARTS) is 1. The van der Waals surface area contributed by atoms with Gasteiger partial charge >= 0.3 is 5.97 Å². The van der Waals surface area contributed by atoms with Crippen LogP contribution >= 0.6 is 0 Å². The van der Waals surface area contributed by atoms with Gasteiger partial charge in [-0.05, 0) is 24.5 Å². The summed E-state index contributed by atoms with van der Waals surface area (Å²) in [6.45, 7) is 0. The lowest BCUT2D eigenvalue weighted by Gasteiger charge is -1.94. The Labute approximate surface area is 88.8 Å². The van der Waals surface area contributed by atoms with Crippen LogP contribution in [0.15, 0.2) is 48.8 Å². The van der Waals surface area contributed by atoms with E-state index in [1.807, 2.05) is 24.4 Å². The predicted octanol–water partition coefficient (Wildman–Crippen LogP) is 2.21. The van der Waals surface area contributed by atoms with Crippen LogP contribution in [0.4, 0.5) is 0 Å². The molecule has 0 unspecified atom stereocenters. The molecule has 0 aliphatic rings. The number of nitrogens with zero attached hydrogens (tertiary/aromatic N) is 1. The molecule has 78 valence electrons. The molecule has 1 N–H and O–H groups in total. The molecule has 15 heavy (non-hydrogen) atoms. The van der Waals surface area contributed by atoms with Gasteiger partial charge in [0.1, 0.15) is 0 Å². The highest BCUT2D eigenvalue weighted by Gasteiger charge is 1.88. The largest absolute Gasteiger partial charge is 0.478 e. The Morgan fingerprint density at radius 3 is 3.00 bits per heavy atom. The molecular weight excluding hydrogens is 190 g/mol. The van der Waals surface area contributed by atoms with Gasteiger partial charge in [0, 0.05) is 18.5 Å². The van der Waals surface area contributed by atoms with Crippen LogP contribution in [-0.2, 0) is 11.2 Å². The first-order valence-electron chi connectivity index (χ1n) is 4.74. The lowest BCUT2D eigenvalue weighted by molar-refractivity contribution is -0.131. The minimum atomic E-state index is -0.924. The van der Waals surface area contributed by atoms with Gasteiger partial charge in [0.25, 0.3) is 0 Å². The number of pyridine rings is 1. The van der Waals surface area contributed by atoms with Crippen molar-refractivity contribution in [3.63, 3.8) is 0 Å². The molecule has 3 heteroatoms. The van der Waals surface area contributed by atoms with E-state index >= 15 is 0 Å². The first kappa shape index (κ1) is 11.2. The maximum Gasteiger partial charge on any atom is 0.328 e. The number of carbonyl (C=O) groups is 1. The number of hydrogen-bond acceptors (Lipinski definition) is 2. The molecule has 0 aliphatic heterocycles. The average Bonchev–Trinajstić information content (AvgIpc) is 2.24. The fraction of sp³-hybridized carbons (Fsp3) is 0.167. The highest BCUT2D eigenvalue weighted by atomic mass is 16.4. The first-order valence-corrected chi connectivity index (χ1v) is 4.74. The second kappa shape index (κ2) is 6.54. The molecule has 0 radical (unpaired) electrons. The lowest BCUT2D eigenvalue weighted by Crippen LogP contribution is -1.85. The van der Waals surface area contributed by atoms with Gasteiger partial charge in [0.2, 0.25) is 0 Å². The smallest absolute Gasteiger partial charge is 0.328 e. The maximum atomic E-state index is 10.1. The molecule has 0 aromatic carbocycles. The van der Waals surface area contributed by atoms with E-state index < -0.39 is 5.97 Å². The zero-order chi connectivity index (χ0) is 10.9. The average molecular weight is 203 g/mol. The predicted molar refractivity (Wildman–Crippen MR) is 58.5 cm³/mol. The minimum Gasteiger partial charge on any atom is -0.478 e. The molecule has 1 aromatic heterocycles. The van der Waals surface area contributed by atoms with Crippen LogP contribution in [0.5, 0.6) is 0 Å². The molecule has 0 saturated carbocycles. The van der Waals surface area contributed by atoms with Crippen molar-refractivity contribution in [2.75, 3.05) is 0 Å². The molecule has 0 spiro atoms. The van der Waals surface area contributed by atoms with E-state index in [9.17, 15) is 4.79 Å². The SMILES string of the molecule is O=C(O)C=CC=CCCc1cccnc1. The Hall–Kier alpha value is -1.90. The molecule has 1 heterocycles. The number of carboxylic acids is 1. The van der Waals surface area contributed by atoms with E-state index in [0.717, 1.165) is 18.9 Å². The summed E-state index contributed by atoms with van der Waals surface area (Å²) >= 11 is 0. The van der Waals surface area contributed by atoms with Gasteiger partial charge in [0.05, 0.1) is 0 Å². The summed E-state index contributed by atoms with van der Waals surface area (Å²) in [5.41, 5.74) is 1.18. The summed E-state index contributed by atoms with van der Waals surface area (Å²) in [6.07, 6.45) is 11.7. The van der Waals surface area contributed by atoms with Gasteiger partial charge < -0.3 is 5.11 Å². The monoisotopic (exact) mass is 203 g/mol. The van der Waals surface area contributed by atoms with Crippen molar-refractivity contribution in [2.24, 2.45) is 0 Å². The number of rotatable bonds is 5. The zero-order valence-corrected chi connectivity index (χ0v) is 8.34. The molecule has 0 saturated heterocycles. The van der Waals surface area contributed by atoms with Crippen molar-refractivity contribution in [1.29, 1.82) is 0 Å². The number of allylic oxidation sites excluding steroid dienone is 3. The van der Waals surface area contributed by atoms with Gasteiger partial charge in [-0.2, -0.15) is 0 Å². The summed E-state index contributed by atoms with van der Waals surface area (Å²) in [5, 5.41) is 8.32. The third-order valence-corrected chi connectivity index (χ3v) is 1.81.